The molecule has 0 aliphatic carbocycles. The van der Waals surface area contributed by atoms with Crippen molar-refractivity contribution in [2.24, 2.45) is 0 Å². The summed E-state index contributed by atoms with van der Waals surface area (Å²) in [6, 6.07) is -0.948. The quantitative estimate of drug-likeness (QED) is 0.0204. The molecule has 2 heterocycles. The smallest absolute Gasteiger partial charge is 0.220 e. The number of hydrogen-bond donors (Lipinski definition) is 9. The molecule has 12 unspecified atom stereocenters. The Morgan fingerprint density at radius 1 is 0.416 bits per heavy atom. The average Bonchev–Trinajstić information content (AvgIpc) is 2.75. The number of aliphatic hydroxyl groups excluding tert-OH is 8. The van der Waals surface area contributed by atoms with Crippen LogP contribution in [0.4, 0.5) is 0 Å². The van der Waals surface area contributed by atoms with Gasteiger partial charge in [0.1, 0.15) is 48.8 Å². The maximum atomic E-state index is 13.3. The Hall–Kier alpha value is -3.35. The summed E-state index contributed by atoms with van der Waals surface area (Å²) in [6.07, 6.45) is 67.1. The fourth-order valence-electron chi connectivity index (χ4n) is 11.1. The van der Waals surface area contributed by atoms with E-state index in [0.717, 1.165) is 83.5 Å². The van der Waals surface area contributed by atoms with E-state index in [4.69, 9.17) is 18.9 Å². The van der Waals surface area contributed by atoms with E-state index in [1.54, 1.807) is 6.08 Å². The van der Waals surface area contributed by atoms with Gasteiger partial charge in [-0.3, -0.25) is 4.79 Å². The van der Waals surface area contributed by atoms with Gasteiger partial charge in [-0.1, -0.05) is 284 Å². The minimum atomic E-state index is -1.80. The second kappa shape index (κ2) is 58.5. The summed E-state index contributed by atoms with van der Waals surface area (Å²) in [5, 5.41) is 87.4. The molecule has 0 spiro atoms. The van der Waals surface area contributed by atoms with Crippen LogP contribution in [0.5, 0.6) is 0 Å². The maximum Gasteiger partial charge on any atom is 0.220 e. The number of ether oxygens (including phenoxy) is 4. The molecule has 0 saturated carbocycles. The van der Waals surface area contributed by atoms with Crippen molar-refractivity contribution in [2.75, 3.05) is 19.8 Å². The van der Waals surface area contributed by atoms with Crippen LogP contribution in [0, 0.1) is 0 Å². The highest BCUT2D eigenvalue weighted by Crippen LogP contribution is 2.30. The lowest BCUT2D eigenvalue weighted by atomic mass is 9.97. The number of nitrogens with one attached hydrogen (secondary N) is 1. The molecule has 2 saturated heterocycles. The summed E-state index contributed by atoms with van der Waals surface area (Å²) < 4.78 is 22.8. The van der Waals surface area contributed by atoms with Crippen molar-refractivity contribution in [3.63, 3.8) is 0 Å². The molecule has 0 aromatic carbocycles. The standard InChI is InChI=1S/C75H129NO13/c1-3-5-7-9-11-13-15-17-19-21-23-25-27-29-31-33-34-36-38-40-42-44-46-48-50-52-54-56-58-64(79)63(62-86-74-72(85)70(83)73(66(61-78)88-74)89-75-71(84)69(82)68(81)65(60-77)87-75)76-67(80)59-57-55-53-51-49-47-45-43-41-39-37-35-32-30-28-26-24-22-20-18-16-14-12-10-8-6-4-2/h6,8,12,14,18,20,24,26,30,32,37,39,43,45,49,51,56,58,63-66,68-75,77-79,81-85H,3-5,7,9-11,13,15-17,19,21-23,25,27-29,31,33-36,38,40-42,44,46-48,50,52-55,57,59-62H2,1-2H3,(H,76,80)/b8-6-,14-12-,20-18-,26-24-,32-30-,39-37-,45-43-,51-49-,58-56+. The molecule has 89 heavy (non-hydrogen) atoms. The summed E-state index contributed by atoms with van der Waals surface area (Å²) in [5.74, 6) is -0.283. The van der Waals surface area contributed by atoms with Crippen LogP contribution in [0.25, 0.3) is 0 Å². The van der Waals surface area contributed by atoms with Crippen molar-refractivity contribution in [1.82, 2.24) is 5.32 Å². The lowest BCUT2D eigenvalue weighted by Gasteiger charge is -2.46. The van der Waals surface area contributed by atoms with Crippen molar-refractivity contribution in [2.45, 2.75) is 338 Å². The van der Waals surface area contributed by atoms with E-state index in [-0.39, 0.29) is 18.9 Å². The van der Waals surface area contributed by atoms with E-state index >= 15 is 0 Å². The van der Waals surface area contributed by atoms with Gasteiger partial charge in [-0.25, -0.2) is 0 Å². The number of carbonyl (C=O) groups excluding carboxylic acids is 1. The summed E-state index contributed by atoms with van der Waals surface area (Å²) in [7, 11) is 0. The van der Waals surface area contributed by atoms with E-state index in [0.29, 0.717) is 6.42 Å². The second-order valence-electron chi connectivity index (χ2n) is 24.6. The summed E-state index contributed by atoms with van der Waals surface area (Å²) in [5.41, 5.74) is 0. The zero-order chi connectivity index (χ0) is 64.5. The highest BCUT2D eigenvalue weighted by molar-refractivity contribution is 5.76. The van der Waals surface area contributed by atoms with Crippen molar-refractivity contribution in [3.05, 3.63) is 109 Å². The van der Waals surface area contributed by atoms with Crippen LogP contribution in [0.3, 0.4) is 0 Å². The Morgan fingerprint density at radius 2 is 0.775 bits per heavy atom. The third kappa shape index (κ3) is 42.5. The molecule has 14 nitrogen and oxygen atoms in total. The van der Waals surface area contributed by atoms with Gasteiger partial charge in [-0.05, 0) is 83.5 Å². The first-order valence-electron chi connectivity index (χ1n) is 35.6. The monoisotopic (exact) mass is 1250 g/mol. The first-order valence-corrected chi connectivity index (χ1v) is 35.6. The van der Waals surface area contributed by atoms with Crippen LogP contribution in [-0.4, -0.2) is 140 Å². The molecule has 0 radical (unpaired) electrons. The van der Waals surface area contributed by atoms with Gasteiger partial charge in [0.25, 0.3) is 0 Å². The van der Waals surface area contributed by atoms with Crippen molar-refractivity contribution in [1.29, 1.82) is 0 Å². The molecule has 0 aromatic rings. The Labute approximate surface area is 540 Å². The first-order chi connectivity index (χ1) is 43.6. The Bertz CT molecular complexity index is 1910. The molecule has 2 rings (SSSR count). The molecule has 9 N–H and O–H groups in total. The molecule has 2 aliphatic heterocycles. The van der Waals surface area contributed by atoms with Gasteiger partial charge in [0, 0.05) is 6.42 Å². The van der Waals surface area contributed by atoms with Crippen LogP contribution in [0.1, 0.15) is 264 Å². The van der Waals surface area contributed by atoms with Gasteiger partial charge in [0.2, 0.25) is 5.91 Å². The zero-order valence-corrected chi connectivity index (χ0v) is 55.6. The topological polar surface area (TPSA) is 228 Å². The molecular formula is C75H129NO13. The Kier molecular flexibility index (Phi) is 53.7. The highest BCUT2D eigenvalue weighted by Gasteiger charge is 2.51. The average molecular weight is 1250 g/mol. The van der Waals surface area contributed by atoms with E-state index in [9.17, 15) is 45.6 Å². The largest absolute Gasteiger partial charge is 0.394 e. The molecule has 1 amide bonds. The van der Waals surface area contributed by atoms with E-state index in [1.807, 2.05) is 6.08 Å². The SMILES string of the molecule is CC/C=C\C/C=C\C/C=C\C/C=C\C/C=C\C/C=C\C/C=C\C/C=C\CCCCC(=O)NC(COC1OC(CO)C(OC2OC(CO)C(O)C(O)C2O)C(O)C1O)C(O)/C=C/CCCCCCCCCCCCCCCCCCCCCCCCCCCC. The summed E-state index contributed by atoms with van der Waals surface area (Å²) in [6.45, 7) is 2.67. The van der Waals surface area contributed by atoms with Crippen LogP contribution in [0.2, 0.25) is 0 Å². The Balaban J connectivity index is 1.72. The molecule has 0 bridgehead atoms. The van der Waals surface area contributed by atoms with E-state index in [1.165, 1.54) is 154 Å². The zero-order valence-electron chi connectivity index (χ0n) is 55.6. The highest BCUT2D eigenvalue weighted by atomic mass is 16.7. The second-order valence-corrected chi connectivity index (χ2v) is 24.6. The third-order valence-electron chi connectivity index (χ3n) is 16.7. The minimum Gasteiger partial charge on any atom is -0.394 e. The van der Waals surface area contributed by atoms with Crippen LogP contribution in [-0.2, 0) is 23.7 Å². The van der Waals surface area contributed by atoms with Gasteiger partial charge in [0.05, 0.1) is 32.0 Å². The summed E-state index contributed by atoms with van der Waals surface area (Å²) >= 11 is 0. The van der Waals surface area contributed by atoms with Crippen molar-refractivity contribution < 1.29 is 64.6 Å². The van der Waals surface area contributed by atoms with Gasteiger partial charge < -0.3 is 65.1 Å². The molecule has 12 atom stereocenters. The van der Waals surface area contributed by atoms with Crippen molar-refractivity contribution >= 4 is 5.91 Å². The number of unbranched alkanes of at least 4 members (excludes halogenated alkanes) is 28. The fraction of sp³-hybridized carbons (Fsp3) is 0.747. The molecular weight excluding hydrogens is 1120 g/mol. The predicted octanol–water partition coefficient (Wildman–Crippen LogP) is 14.7. The molecule has 0 aromatic heterocycles. The Morgan fingerprint density at radius 3 is 1.19 bits per heavy atom. The van der Waals surface area contributed by atoms with Crippen LogP contribution in [0.15, 0.2) is 109 Å². The maximum absolute atomic E-state index is 13.3. The predicted molar refractivity (Wildman–Crippen MR) is 364 cm³/mol. The number of allylic oxidation sites excluding steroid dienone is 17. The van der Waals surface area contributed by atoms with Gasteiger partial charge in [-0.15, -0.1) is 0 Å². The third-order valence-corrected chi connectivity index (χ3v) is 16.7. The van der Waals surface area contributed by atoms with E-state index in [2.05, 4.69) is 116 Å². The first kappa shape index (κ1) is 81.7. The molecule has 2 aliphatic rings. The van der Waals surface area contributed by atoms with Crippen molar-refractivity contribution in [3.8, 4) is 0 Å². The van der Waals surface area contributed by atoms with E-state index < -0.39 is 86.8 Å². The number of amides is 1. The minimum absolute atomic E-state index is 0.219. The fourth-order valence-corrected chi connectivity index (χ4v) is 11.1. The van der Waals surface area contributed by atoms with Crippen LogP contribution >= 0.6 is 0 Å². The number of aliphatic hydroxyl groups is 8. The molecule has 14 heteroatoms. The number of rotatable bonds is 57. The summed E-state index contributed by atoms with van der Waals surface area (Å²) in [4.78, 5) is 13.3. The molecule has 512 valence electrons. The molecule has 2 fully saturated rings. The van der Waals surface area contributed by atoms with Gasteiger partial charge in [0.15, 0.2) is 12.6 Å². The van der Waals surface area contributed by atoms with Crippen LogP contribution < -0.4 is 5.32 Å². The number of carbonyl (C=O) groups is 1. The normalized spacial score (nSPS) is 23.7. The lowest BCUT2D eigenvalue weighted by Crippen LogP contribution is -2.65. The van der Waals surface area contributed by atoms with Gasteiger partial charge >= 0.3 is 0 Å². The van der Waals surface area contributed by atoms with Gasteiger partial charge in [-0.2, -0.15) is 0 Å². The number of hydrogen-bond acceptors (Lipinski definition) is 13. The lowest BCUT2D eigenvalue weighted by molar-refractivity contribution is -0.359.